The van der Waals surface area contributed by atoms with Crippen molar-refractivity contribution in [2.45, 2.75) is 32.6 Å². The highest BCUT2D eigenvalue weighted by Crippen LogP contribution is 2.04. The Balaban J connectivity index is 2.04. The van der Waals surface area contributed by atoms with Gasteiger partial charge in [0.1, 0.15) is 11.8 Å². The SMILES string of the molecule is CCCCCC#Cc1nc2cncnc2[nH]1. The lowest BCUT2D eigenvalue weighted by Gasteiger charge is -1.87. The van der Waals surface area contributed by atoms with Gasteiger partial charge in [0.2, 0.25) is 0 Å². The van der Waals surface area contributed by atoms with Gasteiger partial charge in [0.25, 0.3) is 0 Å². The largest absolute Gasteiger partial charge is 0.316 e. The van der Waals surface area contributed by atoms with Crippen molar-refractivity contribution in [3.63, 3.8) is 0 Å². The van der Waals surface area contributed by atoms with Gasteiger partial charge >= 0.3 is 0 Å². The van der Waals surface area contributed by atoms with Crippen molar-refractivity contribution >= 4 is 11.2 Å². The maximum Gasteiger partial charge on any atom is 0.184 e. The third-order valence-electron chi connectivity index (χ3n) is 2.27. The standard InChI is InChI=1S/C12H14N4/c1-2-3-4-5-6-7-11-15-10-8-13-9-14-12(10)16-11/h8-9H,2-5H2,1H3,(H,13,14,15,16). The molecule has 82 valence electrons. The zero-order valence-electron chi connectivity index (χ0n) is 9.32. The van der Waals surface area contributed by atoms with Crippen LogP contribution in [0.3, 0.4) is 0 Å². The first-order chi connectivity index (χ1) is 7.90. The molecule has 0 aliphatic carbocycles. The van der Waals surface area contributed by atoms with E-state index in [1.54, 1.807) is 6.20 Å². The van der Waals surface area contributed by atoms with Crippen LogP contribution in [0.25, 0.3) is 11.2 Å². The first kappa shape index (κ1) is 10.6. The fraction of sp³-hybridized carbons (Fsp3) is 0.417. The van der Waals surface area contributed by atoms with Gasteiger partial charge in [-0.2, -0.15) is 0 Å². The lowest BCUT2D eigenvalue weighted by Crippen LogP contribution is -1.77. The first-order valence-corrected chi connectivity index (χ1v) is 5.54. The second kappa shape index (κ2) is 5.26. The summed E-state index contributed by atoms with van der Waals surface area (Å²) in [6, 6.07) is 0. The van der Waals surface area contributed by atoms with E-state index in [2.05, 4.69) is 38.7 Å². The molecule has 2 aromatic rings. The van der Waals surface area contributed by atoms with E-state index in [9.17, 15) is 0 Å². The number of nitrogens with one attached hydrogen (secondary N) is 1. The van der Waals surface area contributed by atoms with Gasteiger partial charge in [-0.15, -0.1) is 0 Å². The summed E-state index contributed by atoms with van der Waals surface area (Å²) < 4.78 is 0. The van der Waals surface area contributed by atoms with Crippen LogP contribution in [0.5, 0.6) is 0 Å². The summed E-state index contributed by atoms with van der Waals surface area (Å²) in [6.45, 7) is 2.19. The van der Waals surface area contributed by atoms with Crippen LogP contribution in [0, 0.1) is 11.8 Å². The molecule has 2 aromatic heterocycles. The van der Waals surface area contributed by atoms with Gasteiger partial charge in [0.05, 0.1) is 6.20 Å². The smallest absolute Gasteiger partial charge is 0.184 e. The molecule has 0 amide bonds. The van der Waals surface area contributed by atoms with E-state index in [-0.39, 0.29) is 0 Å². The van der Waals surface area contributed by atoms with Crippen LogP contribution in [0.4, 0.5) is 0 Å². The Hall–Kier alpha value is -1.89. The van der Waals surface area contributed by atoms with Crippen molar-refractivity contribution in [3.05, 3.63) is 18.3 Å². The molecule has 2 heterocycles. The number of hydrogen-bond donors (Lipinski definition) is 1. The van der Waals surface area contributed by atoms with Gasteiger partial charge < -0.3 is 4.98 Å². The first-order valence-electron chi connectivity index (χ1n) is 5.54. The third kappa shape index (κ3) is 2.57. The minimum atomic E-state index is 0.673. The Morgan fingerprint density at radius 1 is 1.38 bits per heavy atom. The molecule has 0 saturated heterocycles. The second-order valence-corrected chi connectivity index (χ2v) is 3.60. The highest BCUT2D eigenvalue weighted by Gasteiger charge is 1.99. The molecule has 0 atom stereocenters. The number of hydrogen-bond acceptors (Lipinski definition) is 3. The molecular weight excluding hydrogens is 200 g/mol. The average molecular weight is 214 g/mol. The molecule has 1 N–H and O–H groups in total. The zero-order chi connectivity index (χ0) is 11.2. The summed E-state index contributed by atoms with van der Waals surface area (Å²) in [6.07, 6.45) is 7.72. The number of rotatable bonds is 3. The van der Waals surface area contributed by atoms with E-state index < -0.39 is 0 Å². The van der Waals surface area contributed by atoms with Crippen molar-refractivity contribution in [1.29, 1.82) is 0 Å². The number of nitrogens with zero attached hydrogens (tertiary/aromatic N) is 3. The van der Waals surface area contributed by atoms with Crippen LogP contribution < -0.4 is 0 Å². The molecule has 0 fully saturated rings. The van der Waals surface area contributed by atoms with Crippen molar-refractivity contribution in [2.75, 3.05) is 0 Å². The molecule has 0 radical (unpaired) electrons. The van der Waals surface area contributed by atoms with Crippen LogP contribution in [0.15, 0.2) is 12.5 Å². The highest BCUT2D eigenvalue weighted by atomic mass is 15.0. The molecule has 0 aliphatic heterocycles. The van der Waals surface area contributed by atoms with Crippen LogP contribution in [-0.2, 0) is 0 Å². The monoisotopic (exact) mass is 214 g/mol. The van der Waals surface area contributed by atoms with Crippen LogP contribution in [0.1, 0.15) is 38.4 Å². The van der Waals surface area contributed by atoms with E-state index in [1.807, 2.05) is 0 Å². The molecule has 16 heavy (non-hydrogen) atoms. The molecule has 0 aromatic carbocycles. The van der Waals surface area contributed by atoms with E-state index >= 15 is 0 Å². The fourth-order valence-corrected chi connectivity index (χ4v) is 1.43. The van der Waals surface area contributed by atoms with Gasteiger partial charge in [-0.25, -0.2) is 15.0 Å². The van der Waals surface area contributed by atoms with Gasteiger partial charge in [-0.1, -0.05) is 25.7 Å². The van der Waals surface area contributed by atoms with Crippen molar-refractivity contribution < 1.29 is 0 Å². The molecule has 4 heteroatoms. The minimum absolute atomic E-state index is 0.673. The van der Waals surface area contributed by atoms with Gasteiger partial charge in [0.15, 0.2) is 11.5 Å². The van der Waals surface area contributed by atoms with Crippen molar-refractivity contribution in [2.24, 2.45) is 0 Å². The lowest BCUT2D eigenvalue weighted by atomic mass is 10.2. The van der Waals surface area contributed by atoms with Gasteiger partial charge in [-0.3, -0.25) is 0 Å². The maximum atomic E-state index is 4.28. The molecule has 2 rings (SSSR count). The molecule has 0 unspecified atom stereocenters. The second-order valence-electron chi connectivity index (χ2n) is 3.60. The number of aromatic nitrogens is 4. The molecule has 4 nitrogen and oxygen atoms in total. The number of H-pyrrole nitrogens is 1. The molecule has 0 saturated carbocycles. The highest BCUT2D eigenvalue weighted by molar-refractivity contribution is 5.69. The zero-order valence-corrected chi connectivity index (χ0v) is 9.32. The fourth-order valence-electron chi connectivity index (χ4n) is 1.43. The number of unbranched alkanes of at least 4 members (excludes halogenated alkanes) is 3. The van der Waals surface area contributed by atoms with Crippen molar-refractivity contribution in [3.8, 4) is 11.8 Å². The summed E-state index contributed by atoms with van der Waals surface area (Å²) in [5.74, 6) is 6.79. The Morgan fingerprint density at radius 3 is 3.12 bits per heavy atom. The lowest BCUT2D eigenvalue weighted by molar-refractivity contribution is 0.737. The Labute approximate surface area is 94.5 Å². The normalized spacial score (nSPS) is 10.1. The summed E-state index contributed by atoms with van der Waals surface area (Å²) >= 11 is 0. The number of fused-ring (bicyclic) bond motifs is 1. The average Bonchev–Trinajstić information content (AvgIpc) is 2.71. The summed E-state index contributed by atoms with van der Waals surface area (Å²) in [5.41, 5.74) is 1.51. The summed E-state index contributed by atoms with van der Waals surface area (Å²) in [5, 5.41) is 0. The maximum absolute atomic E-state index is 4.28. The summed E-state index contributed by atoms with van der Waals surface area (Å²) in [4.78, 5) is 15.3. The van der Waals surface area contributed by atoms with Crippen LogP contribution in [0.2, 0.25) is 0 Å². The molecule has 0 bridgehead atoms. The quantitative estimate of drug-likeness (QED) is 0.630. The summed E-state index contributed by atoms with van der Waals surface area (Å²) in [7, 11) is 0. The number of aromatic amines is 1. The molecule has 0 spiro atoms. The van der Waals surface area contributed by atoms with Crippen LogP contribution in [-0.4, -0.2) is 19.9 Å². The Morgan fingerprint density at radius 2 is 2.31 bits per heavy atom. The Kier molecular flexibility index (Phi) is 3.50. The predicted octanol–water partition coefficient (Wildman–Crippen LogP) is 2.28. The van der Waals surface area contributed by atoms with Gasteiger partial charge in [0, 0.05) is 6.42 Å². The minimum Gasteiger partial charge on any atom is -0.316 e. The van der Waals surface area contributed by atoms with Crippen molar-refractivity contribution in [1.82, 2.24) is 19.9 Å². The van der Waals surface area contributed by atoms with Gasteiger partial charge in [-0.05, 0) is 12.3 Å². The molecule has 0 aliphatic rings. The van der Waals surface area contributed by atoms with E-state index in [0.29, 0.717) is 5.82 Å². The van der Waals surface area contributed by atoms with E-state index in [4.69, 9.17) is 0 Å². The Bertz CT molecular complexity index is 485. The van der Waals surface area contributed by atoms with Crippen LogP contribution >= 0.6 is 0 Å². The molecular formula is C12H14N4. The number of imidazole rings is 1. The van der Waals surface area contributed by atoms with E-state index in [0.717, 1.165) is 24.0 Å². The third-order valence-corrected chi connectivity index (χ3v) is 2.27. The van der Waals surface area contributed by atoms with E-state index in [1.165, 1.54) is 19.2 Å². The predicted molar refractivity (Wildman–Crippen MR) is 62.7 cm³/mol. The topological polar surface area (TPSA) is 54.5 Å².